The molecule has 1 aliphatic heterocycles. The minimum absolute atomic E-state index is 0.0677. The van der Waals surface area contributed by atoms with E-state index in [1.807, 2.05) is 0 Å². The summed E-state index contributed by atoms with van der Waals surface area (Å²) >= 11 is 0. The highest BCUT2D eigenvalue weighted by Gasteiger charge is 2.31. The summed E-state index contributed by atoms with van der Waals surface area (Å²) in [4.78, 5) is 25.7. The molecule has 2 rings (SSSR count). The molecule has 0 bridgehead atoms. The topological polar surface area (TPSA) is 116 Å². The van der Waals surface area contributed by atoms with Crippen molar-refractivity contribution < 1.29 is 27.9 Å². The molecule has 0 aromatic heterocycles. The van der Waals surface area contributed by atoms with Gasteiger partial charge < -0.3 is 15.2 Å². The lowest BCUT2D eigenvalue weighted by Gasteiger charge is -2.36. The molecular weight excluding hydrogens is 398 g/mol. The molecule has 162 valence electrons. The van der Waals surface area contributed by atoms with Crippen LogP contribution in [0, 0.1) is 0 Å². The van der Waals surface area contributed by atoms with Gasteiger partial charge in [0, 0.05) is 38.3 Å². The highest BCUT2D eigenvalue weighted by atomic mass is 32.2. The number of aliphatic carboxylic acids is 1. The molecule has 1 aromatic rings. The maximum atomic E-state index is 12.4. The van der Waals surface area contributed by atoms with Gasteiger partial charge in [-0.15, -0.1) is 0 Å². The highest BCUT2D eigenvalue weighted by molar-refractivity contribution is 7.88. The number of carbonyl (C=O) groups is 2. The third kappa shape index (κ3) is 6.98. The van der Waals surface area contributed by atoms with Crippen LogP contribution >= 0.6 is 0 Å². The second-order valence-corrected chi connectivity index (χ2v) is 8.97. The zero-order chi connectivity index (χ0) is 21.4. The standard InChI is InChI=1S/C19H29N3O6S/c1-3-4-13-28-16-7-5-15(6-8-16)18(23)20-14-17(19(24)25)21-9-11-22(12-10-21)29(2,26)27/h5-8,17H,3-4,9-14H2,1-2H3,(H,20,23)(H,24,25). The molecule has 2 N–H and O–H groups in total. The lowest BCUT2D eigenvalue weighted by atomic mass is 10.1. The molecule has 0 saturated carbocycles. The predicted molar refractivity (Wildman–Crippen MR) is 109 cm³/mol. The number of rotatable bonds is 10. The second kappa shape index (κ2) is 10.6. The Labute approximate surface area is 171 Å². The normalized spacial score (nSPS) is 16.9. The molecule has 0 spiro atoms. The number of hydrogen-bond acceptors (Lipinski definition) is 6. The van der Waals surface area contributed by atoms with Gasteiger partial charge >= 0.3 is 5.97 Å². The van der Waals surface area contributed by atoms with Gasteiger partial charge in [0.1, 0.15) is 11.8 Å². The molecule has 1 aromatic carbocycles. The molecule has 1 fully saturated rings. The molecule has 9 nitrogen and oxygen atoms in total. The Morgan fingerprint density at radius 3 is 2.31 bits per heavy atom. The maximum Gasteiger partial charge on any atom is 0.322 e. The van der Waals surface area contributed by atoms with Crippen molar-refractivity contribution in [2.75, 3.05) is 45.6 Å². The SMILES string of the molecule is CCCCOc1ccc(C(=O)NCC(C(=O)O)N2CCN(S(C)(=O)=O)CC2)cc1. The van der Waals surface area contributed by atoms with E-state index in [0.29, 0.717) is 31.0 Å². The van der Waals surface area contributed by atoms with Crippen molar-refractivity contribution >= 4 is 21.9 Å². The maximum absolute atomic E-state index is 12.4. The number of ether oxygens (including phenoxy) is 1. The average molecular weight is 428 g/mol. The number of sulfonamides is 1. The number of benzene rings is 1. The number of unbranched alkanes of at least 4 members (excludes halogenated alkanes) is 1. The lowest BCUT2D eigenvalue weighted by molar-refractivity contribution is -0.143. The lowest BCUT2D eigenvalue weighted by Crippen LogP contribution is -2.56. The van der Waals surface area contributed by atoms with E-state index in [2.05, 4.69) is 12.2 Å². The number of carbonyl (C=O) groups excluding carboxylic acids is 1. The minimum Gasteiger partial charge on any atom is -0.494 e. The van der Waals surface area contributed by atoms with E-state index in [0.717, 1.165) is 19.1 Å². The summed E-state index contributed by atoms with van der Waals surface area (Å²) in [5.41, 5.74) is 0.416. The molecule has 29 heavy (non-hydrogen) atoms. The molecule has 1 atom stereocenters. The van der Waals surface area contributed by atoms with Crippen LogP contribution in [0.25, 0.3) is 0 Å². The Morgan fingerprint density at radius 1 is 1.17 bits per heavy atom. The van der Waals surface area contributed by atoms with Gasteiger partial charge in [-0.2, -0.15) is 4.31 Å². The average Bonchev–Trinajstić information content (AvgIpc) is 2.68. The molecule has 0 radical (unpaired) electrons. The molecule has 10 heteroatoms. The van der Waals surface area contributed by atoms with Gasteiger partial charge in [-0.25, -0.2) is 8.42 Å². The molecule has 1 amide bonds. The first kappa shape index (κ1) is 23.1. The van der Waals surface area contributed by atoms with Gasteiger partial charge in [0.05, 0.1) is 12.9 Å². The van der Waals surface area contributed by atoms with Crippen LogP contribution in [0.2, 0.25) is 0 Å². The number of hydrogen-bond donors (Lipinski definition) is 2. The number of piperazine rings is 1. The summed E-state index contributed by atoms with van der Waals surface area (Å²) in [5, 5.41) is 12.2. The van der Waals surface area contributed by atoms with Crippen LogP contribution in [0.4, 0.5) is 0 Å². The third-order valence-corrected chi connectivity index (χ3v) is 6.11. The Kier molecular flexibility index (Phi) is 8.42. The van der Waals surface area contributed by atoms with Gasteiger partial charge in [0.2, 0.25) is 10.0 Å². The first-order valence-corrected chi connectivity index (χ1v) is 11.5. The van der Waals surface area contributed by atoms with Crippen LogP contribution < -0.4 is 10.1 Å². The van der Waals surface area contributed by atoms with Gasteiger partial charge in [0.15, 0.2) is 0 Å². The second-order valence-electron chi connectivity index (χ2n) is 6.99. The van der Waals surface area contributed by atoms with Gasteiger partial charge in [-0.05, 0) is 30.7 Å². The van der Waals surface area contributed by atoms with Crippen molar-refractivity contribution in [1.29, 1.82) is 0 Å². The van der Waals surface area contributed by atoms with Crippen LogP contribution in [0.15, 0.2) is 24.3 Å². The van der Waals surface area contributed by atoms with E-state index >= 15 is 0 Å². The zero-order valence-electron chi connectivity index (χ0n) is 16.8. The van der Waals surface area contributed by atoms with Crippen LogP contribution in [0.3, 0.4) is 0 Å². The molecule has 1 saturated heterocycles. The largest absolute Gasteiger partial charge is 0.494 e. The monoisotopic (exact) mass is 427 g/mol. The highest BCUT2D eigenvalue weighted by Crippen LogP contribution is 2.13. The summed E-state index contributed by atoms with van der Waals surface area (Å²) in [5.74, 6) is -0.744. The fourth-order valence-corrected chi connectivity index (χ4v) is 3.87. The van der Waals surface area contributed by atoms with Crippen LogP contribution in [0.1, 0.15) is 30.1 Å². The first-order chi connectivity index (χ1) is 13.7. The van der Waals surface area contributed by atoms with Gasteiger partial charge in [0.25, 0.3) is 5.91 Å². The van der Waals surface area contributed by atoms with Crippen LogP contribution in [-0.2, 0) is 14.8 Å². The minimum atomic E-state index is -3.29. The van der Waals surface area contributed by atoms with Crippen LogP contribution in [-0.4, -0.2) is 86.2 Å². The van der Waals surface area contributed by atoms with E-state index in [4.69, 9.17) is 4.74 Å². The quantitative estimate of drug-likeness (QED) is 0.526. The van der Waals surface area contributed by atoms with Crippen molar-refractivity contribution in [3.63, 3.8) is 0 Å². The molecule has 1 heterocycles. The van der Waals surface area contributed by atoms with Crippen molar-refractivity contribution in [3.05, 3.63) is 29.8 Å². The van der Waals surface area contributed by atoms with E-state index in [1.165, 1.54) is 4.31 Å². The number of nitrogens with one attached hydrogen (secondary N) is 1. The van der Waals surface area contributed by atoms with E-state index in [9.17, 15) is 23.1 Å². The first-order valence-electron chi connectivity index (χ1n) is 9.65. The number of carboxylic acid groups (broad SMARTS) is 1. The zero-order valence-corrected chi connectivity index (χ0v) is 17.7. The Hall–Kier alpha value is -2.17. The third-order valence-electron chi connectivity index (χ3n) is 4.81. The van der Waals surface area contributed by atoms with Crippen LogP contribution in [0.5, 0.6) is 5.75 Å². The number of carboxylic acids is 1. The van der Waals surface area contributed by atoms with Crippen molar-refractivity contribution in [1.82, 2.24) is 14.5 Å². The number of amides is 1. The summed E-state index contributed by atoms with van der Waals surface area (Å²) in [6, 6.07) is 5.78. The Morgan fingerprint density at radius 2 is 1.79 bits per heavy atom. The predicted octanol–water partition coefficient (Wildman–Crippen LogP) is 0.626. The van der Waals surface area contributed by atoms with Gasteiger partial charge in [-0.3, -0.25) is 14.5 Å². The fraction of sp³-hybridized carbons (Fsp3) is 0.579. The molecule has 1 aliphatic rings. The molecule has 0 aliphatic carbocycles. The van der Waals surface area contributed by atoms with E-state index in [-0.39, 0.29) is 25.5 Å². The van der Waals surface area contributed by atoms with E-state index in [1.54, 1.807) is 29.2 Å². The summed E-state index contributed by atoms with van der Waals surface area (Å²) in [6.45, 7) is 3.68. The summed E-state index contributed by atoms with van der Waals surface area (Å²) < 4.78 is 30.1. The van der Waals surface area contributed by atoms with E-state index < -0.39 is 22.0 Å². The fourth-order valence-electron chi connectivity index (χ4n) is 3.05. The summed E-state index contributed by atoms with van der Waals surface area (Å²) in [7, 11) is -3.29. The Balaban J connectivity index is 1.88. The molecule has 1 unspecified atom stereocenters. The number of nitrogens with zero attached hydrogens (tertiary/aromatic N) is 2. The Bertz CT molecular complexity index is 789. The molecular formula is C19H29N3O6S. The summed E-state index contributed by atoms with van der Waals surface area (Å²) in [6.07, 6.45) is 3.13. The van der Waals surface area contributed by atoms with Crippen molar-refractivity contribution in [3.8, 4) is 5.75 Å². The smallest absolute Gasteiger partial charge is 0.322 e. The van der Waals surface area contributed by atoms with Gasteiger partial charge in [-0.1, -0.05) is 13.3 Å². The van der Waals surface area contributed by atoms with Crippen molar-refractivity contribution in [2.45, 2.75) is 25.8 Å². The van der Waals surface area contributed by atoms with Crippen molar-refractivity contribution in [2.24, 2.45) is 0 Å².